The SMILES string of the molecule is CNc1ccc(C2CC2C)c(OC)c1. The Morgan fingerprint density at radius 1 is 1.43 bits per heavy atom. The fraction of sp³-hybridized carbons (Fsp3) is 0.500. The third kappa shape index (κ3) is 1.57. The van der Waals surface area contributed by atoms with Gasteiger partial charge in [-0.05, 0) is 29.9 Å². The Kier molecular flexibility index (Phi) is 2.36. The molecule has 0 heterocycles. The minimum Gasteiger partial charge on any atom is -0.496 e. The third-order valence-corrected chi connectivity index (χ3v) is 3.03. The summed E-state index contributed by atoms with van der Waals surface area (Å²) in [4.78, 5) is 0. The van der Waals surface area contributed by atoms with Crippen molar-refractivity contribution in [2.24, 2.45) is 5.92 Å². The first-order valence-electron chi connectivity index (χ1n) is 5.12. The number of methoxy groups -OCH3 is 1. The number of rotatable bonds is 3. The van der Waals surface area contributed by atoms with E-state index in [1.165, 1.54) is 12.0 Å². The second kappa shape index (κ2) is 3.52. The van der Waals surface area contributed by atoms with E-state index in [1.807, 2.05) is 7.05 Å². The fourth-order valence-corrected chi connectivity index (χ4v) is 1.93. The van der Waals surface area contributed by atoms with Gasteiger partial charge in [-0.3, -0.25) is 0 Å². The molecular formula is C12H17NO. The van der Waals surface area contributed by atoms with Gasteiger partial charge in [-0.1, -0.05) is 13.0 Å². The van der Waals surface area contributed by atoms with Crippen LogP contribution in [0.1, 0.15) is 24.8 Å². The maximum atomic E-state index is 5.40. The van der Waals surface area contributed by atoms with Crippen LogP contribution in [0.5, 0.6) is 5.75 Å². The molecule has 2 heteroatoms. The highest BCUT2D eigenvalue weighted by Gasteiger charge is 2.35. The number of ether oxygens (including phenoxy) is 1. The minimum atomic E-state index is 0.718. The number of hydrogen-bond acceptors (Lipinski definition) is 2. The maximum absolute atomic E-state index is 5.40. The van der Waals surface area contributed by atoms with Gasteiger partial charge in [0.05, 0.1) is 7.11 Å². The largest absolute Gasteiger partial charge is 0.496 e. The average molecular weight is 191 g/mol. The summed E-state index contributed by atoms with van der Waals surface area (Å²) in [5, 5.41) is 3.12. The van der Waals surface area contributed by atoms with Crippen LogP contribution in [0.25, 0.3) is 0 Å². The van der Waals surface area contributed by atoms with Crippen molar-refractivity contribution in [3.8, 4) is 5.75 Å². The van der Waals surface area contributed by atoms with Gasteiger partial charge in [0.2, 0.25) is 0 Å². The minimum absolute atomic E-state index is 0.718. The molecule has 0 spiro atoms. The van der Waals surface area contributed by atoms with Crippen LogP contribution in [0.15, 0.2) is 18.2 Å². The van der Waals surface area contributed by atoms with Gasteiger partial charge >= 0.3 is 0 Å². The Hall–Kier alpha value is -1.18. The summed E-state index contributed by atoms with van der Waals surface area (Å²) in [7, 11) is 3.67. The Labute approximate surface area is 85.3 Å². The Bertz CT molecular complexity index is 335. The highest BCUT2D eigenvalue weighted by atomic mass is 16.5. The van der Waals surface area contributed by atoms with Crippen molar-refractivity contribution in [3.05, 3.63) is 23.8 Å². The highest BCUT2D eigenvalue weighted by molar-refractivity contribution is 5.53. The van der Waals surface area contributed by atoms with Gasteiger partial charge in [0, 0.05) is 18.8 Å². The molecule has 1 aromatic carbocycles. The van der Waals surface area contributed by atoms with E-state index < -0.39 is 0 Å². The van der Waals surface area contributed by atoms with E-state index >= 15 is 0 Å². The quantitative estimate of drug-likeness (QED) is 0.793. The summed E-state index contributed by atoms with van der Waals surface area (Å²) in [6.45, 7) is 2.29. The summed E-state index contributed by atoms with van der Waals surface area (Å²) in [5.74, 6) is 2.56. The molecule has 0 aromatic heterocycles. The van der Waals surface area contributed by atoms with Crippen LogP contribution in [-0.4, -0.2) is 14.2 Å². The standard InChI is InChI=1S/C12H17NO/c1-8-6-11(8)10-5-4-9(13-2)7-12(10)14-3/h4-5,7-8,11,13H,6H2,1-3H3. The van der Waals surface area contributed by atoms with Crippen LogP contribution in [0.3, 0.4) is 0 Å². The lowest BCUT2D eigenvalue weighted by atomic mass is 10.1. The predicted octanol–water partition coefficient (Wildman–Crippen LogP) is 2.86. The Morgan fingerprint density at radius 3 is 2.64 bits per heavy atom. The highest BCUT2D eigenvalue weighted by Crippen LogP contribution is 2.50. The van der Waals surface area contributed by atoms with Crippen LogP contribution >= 0.6 is 0 Å². The molecule has 2 rings (SSSR count). The van der Waals surface area contributed by atoms with Gasteiger partial charge in [0.15, 0.2) is 0 Å². The molecule has 2 nitrogen and oxygen atoms in total. The van der Waals surface area contributed by atoms with Crippen LogP contribution < -0.4 is 10.1 Å². The monoisotopic (exact) mass is 191 g/mol. The van der Waals surface area contributed by atoms with E-state index in [9.17, 15) is 0 Å². The van der Waals surface area contributed by atoms with Crippen LogP contribution in [0.2, 0.25) is 0 Å². The van der Waals surface area contributed by atoms with E-state index in [4.69, 9.17) is 4.74 Å². The molecule has 0 bridgehead atoms. The smallest absolute Gasteiger partial charge is 0.124 e. The predicted molar refractivity (Wildman–Crippen MR) is 59.1 cm³/mol. The van der Waals surface area contributed by atoms with Gasteiger partial charge < -0.3 is 10.1 Å². The first-order valence-corrected chi connectivity index (χ1v) is 5.12. The first-order chi connectivity index (χ1) is 6.76. The number of nitrogens with one attached hydrogen (secondary N) is 1. The Morgan fingerprint density at radius 2 is 2.14 bits per heavy atom. The summed E-state index contributed by atoms with van der Waals surface area (Å²) in [5.41, 5.74) is 2.47. The normalized spacial score (nSPS) is 24.5. The first kappa shape index (κ1) is 9.38. The van der Waals surface area contributed by atoms with Crippen molar-refractivity contribution in [1.29, 1.82) is 0 Å². The zero-order chi connectivity index (χ0) is 10.1. The molecule has 2 atom stereocenters. The van der Waals surface area contributed by atoms with E-state index in [0.717, 1.165) is 23.3 Å². The lowest BCUT2D eigenvalue weighted by molar-refractivity contribution is 0.409. The fourth-order valence-electron chi connectivity index (χ4n) is 1.93. The van der Waals surface area contributed by atoms with E-state index in [2.05, 4.69) is 30.4 Å². The van der Waals surface area contributed by atoms with Crippen LogP contribution in [-0.2, 0) is 0 Å². The van der Waals surface area contributed by atoms with Crippen molar-refractivity contribution in [2.75, 3.05) is 19.5 Å². The molecular weight excluding hydrogens is 174 g/mol. The zero-order valence-corrected chi connectivity index (χ0v) is 9.00. The lowest BCUT2D eigenvalue weighted by Gasteiger charge is -2.09. The topological polar surface area (TPSA) is 21.3 Å². The number of hydrogen-bond donors (Lipinski definition) is 1. The van der Waals surface area contributed by atoms with Crippen LogP contribution in [0.4, 0.5) is 5.69 Å². The van der Waals surface area contributed by atoms with Gasteiger partial charge in [0.25, 0.3) is 0 Å². The van der Waals surface area contributed by atoms with Crippen LogP contribution in [0, 0.1) is 5.92 Å². The molecule has 0 amide bonds. The van der Waals surface area contributed by atoms with E-state index in [1.54, 1.807) is 7.11 Å². The molecule has 0 radical (unpaired) electrons. The number of anilines is 1. The molecule has 1 N–H and O–H groups in total. The van der Waals surface area contributed by atoms with Crippen molar-refractivity contribution in [3.63, 3.8) is 0 Å². The van der Waals surface area contributed by atoms with Gasteiger partial charge in [0.1, 0.15) is 5.75 Å². The molecule has 1 aliphatic carbocycles. The molecule has 1 saturated carbocycles. The van der Waals surface area contributed by atoms with Crippen molar-refractivity contribution < 1.29 is 4.74 Å². The maximum Gasteiger partial charge on any atom is 0.124 e. The van der Waals surface area contributed by atoms with Gasteiger partial charge in [-0.15, -0.1) is 0 Å². The zero-order valence-electron chi connectivity index (χ0n) is 9.00. The van der Waals surface area contributed by atoms with Crippen molar-refractivity contribution in [2.45, 2.75) is 19.3 Å². The second-order valence-electron chi connectivity index (χ2n) is 4.03. The molecule has 1 aliphatic rings. The van der Waals surface area contributed by atoms with E-state index in [-0.39, 0.29) is 0 Å². The molecule has 0 aliphatic heterocycles. The third-order valence-electron chi connectivity index (χ3n) is 3.03. The summed E-state index contributed by atoms with van der Waals surface area (Å²) in [6, 6.07) is 6.36. The van der Waals surface area contributed by atoms with E-state index in [0.29, 0.717) is 0 Å². The molecule has 1 fully saturated rings. The molecule has 76 valence electrons. The summed E-state index contributed by atoms with van der Waals surface area (Å²) < 4.78 is 5.40. The summed E-state index contributed by atoms with van der Waals surface area (Å²) >= 11 is 0. The number of benzene rings is 1. The second-order valence-corrected chi connectivity index (χ2v) is 4.03. The van der Waals surface area contributed by atoms with Crippen molar-refractivity contribution >= 4 is 5.69 Å². The molecule has 0 saturated heterocycles. The lowest BCUT2D eigenvalue weighted by Crippen LogP contribution is -1.94. The van der Waals surface area contributed by atoms with Gasteiger partial charge in [-0.2, -0.15) is 0 Å². The molecule has 1 aromatic rings. The molecule has 14 heavy (non-hydrogen) atoms. The Balaban J connectivity index is 2.30. The van der Waals surface area contributed by atoms with Gasteiger partial charge in [-0.25, -0.2) is 0 Å². The average Bonchev–Trinajstić information content (AvgIpc) is 2.94. The summed E-state index contributed by atoms with van der Waals surface area (Å²) in [6.07, 6.45) is 1.30. The van der Waals surface area contributed by atoms with Crippen molar-refractivity contribution in [1.82, 2.24) is 0 Å². The molecule has 2 unspecified atom stereocenters.